The Kier molecular flexibility index (Phi) is 7.98. The van der Waals surface area contributed by atoms with Gasteiger partial charge in [0.05, 0.1) is 8.07 Å². The second-order valence-electron chi connectivity index (χ2n) is 4.74. The first-order chi connectivity index (χ1) is 6.54. The molecule has 1 unspecified atom stereocenters. The summed E-state index contributed by atoms with van der Waals surface area (Å²) in [5.41, 5.74) is 1.09. The molecule has 0 saturated carbocycles. The van der Waals surface area contributed by atoms with Crippen molar-refractivity contribution in [3.63, 3.8) is 0 Å². The first kappa shape index (κ1) is 14.5. The lowest BCUT2D eigenvalue weighted by Gasteiger charge is -2.34. The Labute approximate surface area is 95.2 Å². The molecular formula is C11H25ClOSi. The molecule has 0 amide bonds. The summed E-state index contributed by atoms with van der Waals surface area (Å²) in [6.07, 6.45) is 4.53. The largest absolute Gasteiger partial charge is 0.366 e. The fourth-order valence-corrected chi connectivity index (χ4v) is 4.54. The van der Waals surface area contributed by atoms with Gasteiger partial charge in [-0.15, -0.1) is 0 Å². The van der Waals surface area contributed by atoms with E-state index in [9.17, 15) is 0 Å². The maximum atomic E-state index is 5.08. The first-order valence-corrected chi connectivity index (χ1v) is 9.50. The summed E-state index contributed by atoms with van der Waals surface area (Å²) in [6.45, 7) is 10.1. The third-order valence-corrected chi connectivity index (χ3v) is 8.08. The van der Waals surface area contributed by atoms with Crippen molar-refractivity contribution in [2.45, 2.75) is 57.8 Å². The van der Waals surface area contributed by atoms with Gasteiger partial charge in [0.15, 0.2) is 0 Å². The Morgan fingerprint density at radius 3 is 2.21 bits per heavy atom. The fourth-order valence-electron chi connectivity index (χ4n) is 1.75. The second-order valence-corrected chi connectivity index (χ2v) is 10.4. The normalized spacial score (nSPS) is 25.1. The van der Waals surface area contributed by atoms with Crippen LogP contribution in [-0.4, -0.2) is 20.7 Å². The fraction of sp³-hybridized carbons (Fsp3) is 1.00. The zero-order chi connectivity index (χ0) is 11.0. The number of alkyl halides is 1. The molecule has 14 heavy (non-hydrogen) atoms. The van der Waals surface area contributed by atoms with E-state index in [2.05, 4.69) is 24.8 Å². The topological polar surface area (TPSA) is 9.23 Å². The predicted molar refractivity (Wildman–Crippen MR) is 67.9 cm³/mol. The number of halogens is 1. The van der Waals surface area contributed by atoms with E-state index in [1.54, 1.807) is 6.04 Å². The third kappa shape index (κ3) is 6.05. The van der Waals surface area contributed by atoms with Crippen molar-refractivity contribution in [3.05, 3.63) is 0 Å². The molecule has 0 N–H and O–H groups in total. The molecule has 0 aromatic heterocycles. The molecule has 1 heterocycles. The molecule has 86 valence electrons. The minimum atomic E-state index is -0.694. The van der Waals surface area contributed by atoms with Crippen molar-refractivity contribution in [1.29, 1.82) is 0 Å². The maximum absolute atomic E-state index is 5.08. The van der Waals surface area contributed by atoms with Gasteiger partial charge in [0.1, 0.15) is 6.07 Å². The Morgan fingerprint density at radius 2 is 2.00 bits per heavy atom. The molecule has 1 saturated heterocycles. The van der Waals surface area contributed by atoms with Crippen LogP contribution in [0, 0.1) is 0 Å². The van der Waals surface area contributed by atoms with Crippen LogP contribution < -0.4 is 0 Å². The van der Waals surface area contributed by atoms with Crippen LogP contribution >= 0.6 is 11.6 Å². The summed E-state index contributed by atoms with van der Waals surface area (Å²) in [5, 5.41) is 0. The molecule has 1 nitrogen and oxygen atoms in total. The minimum absolute atomic E-state index is 0.316. The summed E-state index contributed by atoms with van der Waals surface area (Å²) in [7, 11) is -0.694. The Hall–Kier alpha value is 0.467. The average molecular weight is 237 g/mol. The molecule has 1 atom stereocenters. The number of hydrogen-bond acceptors (Lipinski definition) is 1. The second kappa shape index (κ2) is 7.72. The zero-order valence-electron chi connectivity index (χ0n) is 10.1. The van der Waals surface area contributed by atoms with Crippen molar-refractivity contribution in [3.8, 4) is 0 Å². The van der Waals surface area contributed by atoms with Crippen molar-refractivity contribution < 1.29 is 4.74 Å². The molecule has 0 aromatic carbocycles. The summed E-state index contributed by atoms with van der Waals surface area (Å²) in [5.74, 6) is 0. The molecule has 1 rings (SSSR count). The monoisotopic (exact) mass is 236 g/mol. The van der Waals surface area contributed by atoms with Gasteiger partial charge in [-0.2, -0.15) is 0 Å². The lowest BCUT2D eigenvalue weighted by molar-refractivity contribution is 0.195. The number of rotatable bonds is 2. The Bertz CT molecular complexity index is 137. The highest BCUT2D eigenvalue weighted by Gasteiger charge is 2.30. The molecule has 0 bridgehead atoms. The van der Waals surface area contributed by atoms with Crippen LogP contribution in [0.25, 0.3) is 0 Å². The minimum Gasteiger partial charge on any atom is -0.366 e. The SMILES string of the molecule is CC1CCCC[Si]1(C)C.CCOCCl. The number of hydrogen-bond donors (Lipinski definition) is 0. The average Bonchev–Trinajstić information content (AvgIpc) is 2.13. The van der Waals surface area contributed by atoms with Gasteiger partial charge in [-0.3, -0.25) is 0 Å². The highest BCUT2D eigenvalue weighted by Crippen LogP contribution is 2.36. The molecule has 0 radical (unpaired) electrons. The van der Waals surface area contributed by atoms with Crippen LogP contribution in [0.5, 0.6) is 0 Å². The van der Waals surface area contributed by atoms with E-state index in [4.69, 9.17) is 11.6 Å². The van der Waals surface area contributed by atoms with Crippen LogP contribution in [0.15, 0.2) is 0 Å². The van der Waals surface area contributed by atoms with Gasteiger partial charge in [0.2, 0.25) is 0 Å². The van der Waals surface area contributed by atoms with Gasteiger partial charge in [-0.1, -0.05) is 56.9 Å². The number of ether oxygens (including phenoxy) is 1. The van der Waals surface area contributed by atoms with Crippen LogP contribution in [0.4, 0.5) is 0 Å². The van der Waals surface area contributed by atoms with E-state index in [1.807, 2.05) is 6.92 Å². The molecule has 0 aliphatic carbocycles. The van der Waals surface area contributed by atoms with E-state index < -0.39 is 8.07 Å². The quantitative estimate of drug-likeness (QED) is 0.507. The lowest BCUT2D eigenvalue weighted by Crippen LogP contribution is -2.33. The van der Waals surface area contributed by atoms with E-state index in [0.29, 0.717) is 12.7 Å². The van der Waals surface area contributed by atoms with E-state index in [0.717, 1.165) is 5.54 Å². The van der Waals surface area contributed by atoms with Gasteiger partial charge in [-0.05, 0) is 12.5 Å². The Balaban J connectivity index is 0.000000292. The van der Waals surface area contributed by atoms with Gasteiger partial charge >= 0.3 is 0 Å². The van der Waals surface area contributed by atoms with Crippen molar-refractivity contribution in [2.24, 2.45) is 0 Å². The van der Waals surface area contributed by atoms with E-state index >= 15 is 0 Å². The maximum Gasteiger partial charge on any atom is 0.120 e. The summed E-state index contributed by atoms with van der Waals surface area (Å²) in [6, 6.07) is 1.89. The third-order valence-electron chi connectivity index (χ3n) is 3.32. The Morgan fingerprint density at radius 1 is 1.36 bits per heavy atom. The van der Waals surface area contributed by atoms with Crippen molar-refractivity contribution >= 4 is 19.7 Å². The smallest absolute Gasteiger partial charge is 0.120 e. The summed E-state index contributed by atoms with van der Waals surface area (Å²) < 4.78 is 4.60. The molecule has 3 heteroatoms. The molecule has 0 spiro atoms. The van der Waals surface area contributed by atoms with Gasteiger partial charge in [0.25, 0.3) is 0 Å². The van der Waals surface area contributed by atoms with Crippen LogP contribution in [0.1, 0.15) is 33.1 Å². The van der Waals surface area contributed by atoms with Gasteiger partial charge in [0, 0.05) is 6.61 Å². The molecule has 1 fully saturated rings. The lowest BCUT2D eigenvalue weighted by atomic mass is 10.2. The van der Waals surface area contributed by atoms with Gasteiger partial charge in [-0.25, -0.2) is 0 Å². The highest BCUT2D eigenvalue weighted by molar-refractivity contribution is 6.78. The van der Waals surface area contributed by atoms with Crippen LogP contribution in [-0.2, 0) is 4.74 Å². The van der Waals surface area contributed by atoms with Gasteiger partial charge < -0.3 is 4.74 Å². The molecular weight excluding hydrogens is 212 g/mol. The summed E-state index contributed by atoms with van der Waals surface area (Å²) in [4.78, 5) is 0. The van der Waals surface area contributed by atoms with Crippen LogP contribution in [0.3, 0.4) is 0 Å². The first-order valence-electron chi connectivity index (χ1n) is 5.68. The standard InChI is InChI=1S/C8H18Si.C3H7ClO/c1-8-6-4-5-7-9(8,2)3;1-2-5-3-4/h8H,4-7H2,1-3H3;2-3H2,1H3. The van der Waals surface area contributed by atoms with E-state index in [-0.39, 0.29) is 0 Å². The van der Waals surface area contributed by atoms with E-state index in [1.165, 1.54) is 19.3 Å². The predicted octanol–water partition coefficient (Wildman–Crippen LogP) is 4.49. The summed E-state index contributed by atoms with van der Waals surface area (Å²) >= 11 is 5.08. The molecule has 1 aliphatic heterocycles. The van der Waals surface area contributed by atoms with Crippen molar-refractivity contribution in [2.75, 3.05) is 12.7 Å². The van der Waals surface area contributed by atoms with Crippen LogP contribution in [0.2, 0.25) is 24.7 Å². The zero-order valence-corrected chi connectivity index (χ0v) is 11.9. The van der Waals surface area contributed by atoms with Crippen molar-refractivity contribution in [1.82, 2.24) is 0 Å². The highest BCUT2D eigenvalue weighted by atomic mass is 35.5. The molecule has 1 aliphatic rings. The molecule has 0 aromatic rings.